The van der Waals surface area contributed by atoms with Crippen molar-refractivity contribution in [1.29, 1.82) is 0 Å². The Morgan fingerprint density at radius 1 is 1.02 bits per heavy atom. The molecule has 1 saturated heterocycles. The molecule has 1 fully saturated rings. The van der Waals surface area contributed by atoms with Crippen LogP contribution in [0.2, 0.25) is 0 Å². The summed E-state index contributed by atoms with van der Waals surface area (Å²) in [5.41, 5.74) is -1.67. The van der Waals surface area contributed by atoms with E-state index in [9.17, 15) is 31.1 Å². The highest BCUT2D eigenvalue weighted by molar-refractivity contribution is 5.69. The van der Waals surface area contributed by atoms with Gasteiger partial charge >= 0.3 is 18.4 Å². The molecule has 0 bridgehead atoms. The number of amides is 1. The lowest BCUT2D eigenvalue weighted by Gasteiger charge is -2.30. The number of hydrogen-bond donors (Lipinski definition) is 0. The number of carbonyl (C=O) groups is 1. The van der Waals surface area contributed by atoms with Crippen molar-refractivity contribution < 1.29 is 35.9 Å². The predicted molar refractivity (Wildman–Crippen MR) is 142 cm³/mol. The third kappa shape index (κ3) is 7.13. The van der Waals surface area contributed by atoms with Crippen LogP contribution in [0.25, 0.3) is 11.1 Å². The minimum absolute atomic E-state index is 0.0996. The summed E-state index contributed by atoms with van der Waals surface area (Å²) < 4.78 is 88.7. The SMILES string of the molecule is CC[C@@H]1C[C@H](N(Cc2cc(C(F)(F)F)cc(C(F)(F)F)c2)c2ncc(-c3cnn(C)c3)cn2)CN1C(=O)O[C@H](C)CC. The Morgan fingerprint density at radius 3 is 2.14 bits per heavy atom. The molecule has 3 heterocycles. The first-order valence-electron chi connectivity index (χ1n) is 13.5. The average Bonchev–Trinajstić information content (AvgIpc) is 3.57. The van der Waals surface area contributed by atoms with Crippen molar-refractivity contribution in [1.82, 2.24) is 24.6 Å². The summed E-state index contributed by atoms with van der Waals surface area (Å²) in [6.45, 7) is 5.31. The van der Waals surface area contributed by atoms with Crippen molar-refractivity contribution in [3.8, 4) is 11.1 Å². The molecule has 1 aliphatic rings. The molecule has 0 aliphatic carbocycles. The molecule has 2 aromatic heterocycles. The van der Waals surface area contributed by atoms with E-state index in [-0.39, 0.29) is 42.8 Å². The van der Waals surface area contributed by atoms with Gasteiger partial charge in [0.1, 0.15) is 6.10 Å². The zero-order chi connectivity index (χ0) is 30.8. The quantitative estimate of drug-likeness (QED) is 0.269. The van der Waals surface area contributed by atoms with Gasteiger partial charge in [-0.3, -0.25) is 4.68 Å². The minimum atomic E-state index is -4.99. The lowest BCUT2D eigenvalue weighted by molar-refractivity contribution is -0.143. The van der Waals surface area contributed by atoms with Crippen molar-refractivity contribution in [2.75, 3.05) is 11.4 Å². The molecule has 1 aliphatic heterocycles. The number of carbonyl (C=O) groups excluding carboxylic acids is 1. The maximum absolute atomic E-state index is 13.6. The number of aryl methyl sites for hydroxylation is 1. The zero-order valence-electron chi connectivity index (χ0n) is 23.6. The van der Waals surface area contributed by atoms with Crippen LogP contribution in [-0.4, -0.2) is 55.5 Å². The van der Waals surface area contributed by atoms with Crippen molar-refractivity contribution in [3.63, 3.8) is 0 Å². The van der Waals surface area contributed by atoms with Crippen LogP contribution in [0.1, 0.15) is 56.7 Å². The lowest BCUT2D eigenvalue weighted by Crippen LogP contribution is -2.41. The molecule has 0 saturated carbocycles. The molecule has 1 amide bonds. The van der Waals surface area contributed by atoms with Gasteiger partial charge in [0.15, 0.2) is 0 Å². The van der Waals surface area contributed by atoms with Crippen LogP contribution in [0, 0.1) is 0 Å². The van der Waals surface area contributed by atoms with E-state index >= 15 is 0 Å². The number of aromatic nitrogens is 4. The molecule has 8 nitrogen and oxygen atoms in total. The topological polar surface area (TPSA) is 76.4 Å². The lowest BCUT2D eigenvalue weighted by atomic mass is 10.0. The maximum Gasteiger partial charge on any atom is 0.416 e. The van der Waals surface area contributed by atoms with Gasteiger partial charge in [-0.05, 0) is 49.9 Å². The third-order valence-corrected chi connectivity index (χ3v) is 7.35. The first-order valence-corrected chi connectivity index (χ1v) is 13.5. The normalized spacial score (nSPS) is 18.3. The summed E-state index contributed by atoms with van der Waals surface area (Å²) in [6.07, 6.45) is -2.85. The van der Waals surface area contributed by atoms with Crippen LogP contribution in [0.15, 0.2) is 43.0 Å². The van der Waals surface area contributed by atoms with E-state index in [4.69, 9.17) is 4.74 Å². The van der Waals surface area contributed by atoms with Crippen LogP contribution in [0.5, 0.6) is 0 Å². The first-order chi connectivity index (χ1) is 19.7. The van der Waals surface area contributed by atoms with Gasteiger partial charge in [0, 0.05) is 55.9 Å². The molecule has 228 valence electrons. The van der Waals surface area contributed by atoms with Crippen LogP contribution in [-0.2, 0) is 30.7 Å². The standard InChI is InChI=1S/C28H32F6N6O2/c1-5-17(3)42-26(41)40-16-24(10-23(40)6-2)39(25-35-11-19(12-36-25)20-13-37-38(4)15-20)14-18-7-21(27(29,30)31)9-22(8-18)28(32,33)34/h7-9,11-13,15,17,23-24H,5-6,10,14,16H2,1-4H3/t17-,23-,24+/m1/s1. The summed E-state index contributed by atoms with van der Waals surface area (Å²) in [5.74, 6) is 0.102. The van der Waals surface area contributed by atoms with Crippen molar-refractivity contribution in [2.24, 2.45) is 7.05 Å². The van der Waals surface area contributed by atoms with Gasteiger partial charge in [-0.2, -0.15) is 31.4 Å². The van der Waals surface area contributed by atoms with Crippen molar-refractivity contribution in [3.05, 3.63) is 59.7 Å². The van der Waals surface area contributed by atoms with E-state index in [0.29, 0.717) is 37.0 Å². The van der Waals surface area contributed by atoms with E-state index < -0.39 is 35.6 Å². The Bertz CT molecular complexity index is 1340. The number of anilines is 1. The molecule has 1 aromatic carbocycles. The summed E-state index contributed by atoms with van der Waals surface area (Å²) >= 11 is 0. The fourth-order valence-corrected chi connectivity index (χ4v) is 4.91. The van der Waals surface area contributed by atoms with E-state index in [1.807, 2.05) is 13.8 Å². The minimum Gasteiger partial charge on any atom is -0.446 e. The molecule has 3 aromatic rings. The van der Waals surface area contributed by atoms with Gasteiger partial charge in [0.25, 0.3) is 0 Å². The van der Waals surface area contributed by atoms with Crippen LogP contribution >= 0.6 is 0 Å². The van der Waals surface area contributed by atoms with Crippen LogP contribution in [0.3, 0.4) is 0 Å². The average molecular weight is 599 g/mol. The second kappa shape index (κ2) is 12.2. The second-order valence-corrected chi connectivity index (χ2v) is 10.4. The van der Waals surface area contributed by atoms with Crippen molar-refractivity contribution >= 4 is 12.0 Å². The molecular formula is C28H32F6N6O2. The summed E-state index contributed by atoms with van der Waals surface area (Å²) in [6, 6.07) is 0.743. The third-order valence-electron chi connectivity index (χ3n) is 7.35. The van der Waals surface area contributed by atoms with Gasteiger partial charge in [-0.15, -0.1) is 0 Å². The van der Waals surface area contributed by atoms with Gasteiger partial charge in [-0.1, -0.05) is 13.8 Å². The second-order valence-electron chi connectivity index (χ2n) is 10.4. The molecule has 0 radical (unpaired) electrons. The van der Waals surface area contributed by atoms with E-state index in [0.717, 1.165) is 5.56 Å². The monoisotopic (exact) mass is 598 g/mol. The van der Waals surface area contributed by atoms with Crippen molar-refractivity contribution in [2.45, 2.75) is 77.1 Å². The molecular weight excluding hydrogens is 566 g/mol. The van der Waals surface area contributed by atoms with E-state index in [2.05, 4.69) is 15.1 Å². The largest absolute Gasteiger partial charge is 0.446 e. The summed E-state index contributed by atoms with van der Waals surface area (Å²) in [5, 5.41) is 4.11. The van der Waals surface area contributed by atoms with E-state index in [1.165, 1.54) is 12.4 Å². The number of ether oxygens (including phenoxy) is 1. The summed E-state index contributed by atoms with van der Waals surface area (Å²) in [7, 11) is 1.74. The Kier molecular flexibility index (Phi) is 9.02. The number of likely N-dealkylation sites (tertiary alicyclic amines) is 1. The fraction of sp³-hybridized carbons (Fsp3) is 0.500. The highest BCUT2D eigenvalue weighted by Crippen LogP contribution is 2.37. The number of rotatable bonds is 8. The van der Waals surface area contributed by atoms with Gasteiger partial charge in [-0.25, -0.2) is 14.8 Å². The highest BCUT2D eigenvalue weighted by Gasteiger charge is 2.41. The molecule has 4 rings (SSSR count). The fourth-order valence-electron chi connectivity index (χ4n) is 4.91. The Balaban J connectivity index is 1.73. The molecule has 14 heteroatoms. The molecule has 42 heavy (non-hydrogen) atoms. The maximum atomic E-state index is 13.6. The van der Waals surface area contributed by atoms with Crippen LogP contribution in [0.4, 0.5) is 37.1 Å². The number of nitrogens with zero attached hydrogens (tertiary/aromatic N) is 6. The van der Waals surface area contributed by atoms with Crippen LogP contribution < -0.4 is 4.90 Å². The highest BCUT2D eigenvalue weighted by atomic mass is 19.4. The Morgan fingerprint density at radius 2 is 1.64 bits per heavy atom. The zero-order valence-corrected chi connectivity index (χ0v) is 23.6. The predicted octanol–water partition coefficient (Wildman–Crippen LogP) is 6.71. The smallest absolute Gasteiger partial charge is 0.416 e. The van der Waals surface area contributed by atoms with Gasteiger partial charge in [0.05, 0.1) is 23.4 Å². The number of alkyl halides is 6. The van der Waals surface area contributed by atoms with E-state index in [1.54, 1.807) is 40.8 Å². The number of benzene rings is 1. The number of hydrogen-bond acceptors (Lipinski definition) is 6. The Hall–Kier alpha value is -3.84. The molecule has 0 unspecified atom stereocenters. The Labute approximate surface area is 239 Å². The molecule has 0 spiro atoms. The summed E-state index contributed by atoms with van der Waals surface area (Å²) in [4.78, 5) is 24.9. The van der Waals surface area contributed by atoms with Gasteiger partial charge in [0.2, 0.25) is 5.95 Å². The number of halogens is 6. The first kappa shape index (κ1) is 31.1. The molecule has 0 N–H and O–H groups in total. The molecule has 3 atom stereocenters. The van der Waals surface area contributed by atoms with Gasteiger partial charge < -0.3 is 14.5 Å².